The van der Waals surface area contributed by atoms with Gasteiger partial charge in [-0.25, -0.2) is 8.42 Å². The van der Waals surface area contributed by atoms with Crippen molar-refractivity contribution in [2.75, 3.05) is 17.0 Å². The smallest absolute Gasteiger partial charge is 0.234 e. The van der Waals surface area contributed by atoms with Crippen LogP contribution in [0.15, 0.2) is 22.7 Å². The monoisotopic (exact) mass is 446 g/mol. The Bertz CT molecular complexity index is 506. The fraction of sp³-hybridized carbons (Fsp3) is 0.455. The molecule has 0 aromatic heterocycles. The van der Waals surface area contributed by atoms with Crippen molar-refractivity contribution in [1.29, 1.82) is 0 Å². The summed E-state index contributed by atoms with van der Waals surface area (Å²) in [4.78, 5) is 0. The van der Waals surface area contributed by atoms with Gasteiger partial charge in [0.25, 0.3) is 0 Å². The Hall–Kier alpha value is 0.140. The lowest BCUT2D eigenvalue weighted by molar-refractivity contribution is 0.582. The lowest BCUT2D eigenvalue weighted by Crippen LogP contribution is -2.31. The minimum absolute atomic E-state index is 0.0633. The number of benzene rings is 1. The summed E-state index contributed by atoms with van der Waals surface area (Å²) >= 11 is 5.43. The van der Waals surface area contributed by atoms with Crippen LogP contribution >= 0.6 is 38.5 Å². The lowest BCUT2D eigenvalue weighted by Gasteiger charge is -2.12. The average Bonchev–Trinajstić information content (AvgIpc) is 2.22. The predicted molar refractivity (Wildman–Crippen MR) is 87.4 cm³/mol. The summed E-state index contributed by atoms with van der Waals surface area (Å²) in [6.07, 6.45) is 0. The Morgan fingerprint density at radius 3 is 2.67 bits per heavy atom. The molecule has 1 aromatic carbocycles. The molecule has 0 saturated carbocycles. The van der Waals surface area contributed by atoms with Crippen LogP contribution in [-0.2, 0) is 10.0 Å². The van der Waals surface area contributed by atoms with Gasteiger partial charge < -0.3 is 5.32 Å². The molecule has 1 rings (SSSR count). The van der Waals surface area contributed by atoms with Crippen LogP contribution in [0.3, 0.4) is 0 Å². The zero-order valence-corrected chi connectivity index (χ0v) is 14.8. The first-order valence-electron chi connectivity index (χ1n) is 5.49. The highest BCUT2D eigenvalue weighted by Gasteiger charge is 2.12. The molecule has 0 saturated heterocycles. The molecule has 7 heteroatoms. The van der Waals surface area contributed by atoms with Gasteiger partial charge in [0.05, 0.1) is 11.4 Å². The van der Waals surface area contributed by atoms with Crippen LogP contribution in [-0.4, -0.2) is 26.8 Å². The molecule has 0 atom stereocenters. The van der Waals surface area contributed by atoms with Crippen LogP contribution in [0.2, 0.25) is 0 Å². The van der Waals surface area contributed by atoms with Gasteiger partial charge in [-0.2, -0.15) is 0 Å². The largest absolute Gasteiger partial charge is 0.313 e. The van der Waals surface area contributed by atoms with Gasteiger partial charge in [0.1, 0.15) is 0 Å². The number of hydrogen-bond acceptors (Lipinski definition) is 3. The molecule has 0 fully saturated rings. The summed E-state index contributed by atoms with van der Waals surface area (Å²) in [6.45, 7) is 4.41. The average molecular weight is 447 g/mol. The van der Waals surface area contributed by atoms with Gasteiger partial charge in [-0.15, -0.1) is 0 Å². The third kappa shape index (κ3) is 5.85. The molecule has 0 aliphatic heterocycles. The highest BCUT2D eigenvalue weighted by atomic mass is 127. The van der Waals surface area contributed by atoms with E-state index < -0.39 is 10.0 Å². The van der Waals surface area contributed by atoms with Crippen molar-refractivity contribution in [3.63, 3.8) is 0 Å². The van der Waals surface area contributed by atoms with E-state index in [-0.39, 0.29) is 11.8 Å². The molecule has 0 unspecified atom stereocenters. The number of halogens is 2. The molecule has 0 aliphatic rings. The molecule has 0 bridgehead atoms. The molecular weight excluding hydrogens is 431 g/mol. The SMILES string of the molecule is CC(C)NCCS(=O)(=O)Nc1cc(Br)ccc1I. The van der Waals surface area contributed by atoms with Crippen LogP contribution in [0.4, 0.5) is 5.69 Å². The highest BCUT2D eigenvalue weighted by molar-refractivity contribution is 14.1. The Kier molecular flexibility index (Phi) is 6.36. The first-order chi connectivity index (χ1) is 8.30. The predicted octanol–water partition coefficient (Wildman–Crippen LogP) is 2.79. The molecule has 18 heavy (non-hydrogen) atoms. The van der Waals surface area contributed by atoms with Crippen LogP contribution in [0.5, 0.6) is 0 Å². The van der Waals surface area contributed by atoms with Gasteiger partial charge in [-0.1, -0.05) is 29.8 Å². The van der Waals surface area contributed by atoms with E-state index in [0.29, 0.717) is 12.2 Å². The summed E-state index contributed by atoms with van der Waals surface area (Å²) < 4.78 is 28.1. The first kappa shape index (κ1) is 16.2. The van der Waals surface area contributed by atoms with Gasteiger partial charge in [-0.3, -0.25) is 4.72 Å². The fourth-order valence-corrected chi connectivity index (χ4v) is 3.28. The molecule has 0 spiro atoms. The van der Waals surface area contributed by atoms with Crippen LogP contribution in [0, 0.1) is 3.57 Å². The molecule has 1 aromatic rings. The maximum atomic E-state index is 11.9. The topological polar surface area (TPSA) is 58.2 Å². The number of rotatable bonds is 6. The Morgan fingerprint density at radius 2 is 2.06 bits per heavy atom. The molecule has 0 radical (unpaired) electrons. The van der Waals surface area contributed by atoms with Crippen molar-refractivity contribution >= 4 is 54.2 Å². The lowest BCUT2D eigenvalue weighted by atomic mass is 10.3. The van der Waals surface area contributed by atoms with Crippen LogP contribution in [0.25, 0.3) is 0 Å². The standard InChI is InChI=1S/C11H16BrIN2O2S/c1-8(2)14-5-6-18(16,17)15-11-7-9(12)3-4-10(11)13/h3-4,7-8,14-15H,5-6H2,1-2H3. The minimum atomic E-state index is -3.31. The van der Waals surface area contributed by atoms with Crippen LogP contribution in [0.1, 0.15) is 13.8 Å². The summed E-state index contributed by atoms with van der Waals surface area (Å²) in [5.41, 5.74) is 0.606. The number of nitrogens with one attached hydrogen (secondary N) is 2. The second-order valence-electron chi connectivity index (χ2n) is 4.15. The molecule has 102 valence electrons. The Labute approximate surface area is 130 Å². The van der Waals surface area contributed by atoms with Crippen molar-refractivity contribution < 1.29 is 8.42 Å². The molecular formula is C11H16BrIN2O2S. The quantitative estimate of drug-likeness (QED) is 0.660. The van der Waals surface area contributed by atoms with Crippen molar-refractivity contribution in [3.05, 3.63) is 26.2 Å². The second kappa shape index (κ2) is 7.06. The van der Waals surface area contributed by atoms with E-state index in [9.17, 15) is 8.42 Å². The van der Waals surface area contributed by atoms with E-state index in [2.05, 4.69) is 48.6 Å². The molecule has 2 N–H and O–H groups in total. The van der Waals surface area contributed by atoms with E-state index in [4.69, 9.17) is 0 Å². The molecule has 4 nitrogen and oxygen atoms in total. The normalized spacial score (nSPS) is 11.8. The van der Waals surface area contributed by atoms with Gasteiger partial charge in [-0.05, 0) is 40.8 Å². The molecule has 0 aliphatic carbocycles. The summed E-state index contributed by atoms with van der Waals surface area (Å²) in [5, 5.41) is 3.08. The molecule has 0 heterocycles. The number of sulfonamides is 1. The van der Waals surface area contributed by atoms with E-state index in [0.717, 1.165) is 8.04 Å². The Balaban J connectivity index is 2.67. The van der Waals surface area contributed by atoms with Crippen LogP contribution < -0.4 is 10.0 Å². The molecule has 0 amide bonds. The first-order valence-corrected chi connectivity index (χ1v) is 9.01. The van der Waals surface area contributed by atoms with E-state index >= 15 is 0 Å². The van der Waals surface area contributed by atoms with Gasteiger partial charge >= 0.3 is 0 Å². The zero-order valence-electron chi connectivity index (χ0n) is 10.2. The van der Waals surface area contributed by atoms with Crippen molar-refractivity contribution in [1.82, 2.24) is 5.32 Å². The fourth-order valence-electron chi connectivity index (χ4n) is 1.28. The highest BCUT2D eigenvalue weighted by Crippen LogP contribution is 2.23. The van der Waals surface area contributed by atoms with Crippen molar-refractivity contribution in [2.45, 2.75) is 19.9 Å². The third-order valence-corrected chi connectivity index (χ3v) is 4.82. The van der Waals surface area contributed by atoms with Crippen molar-refractivity contribution in [2.24, 2.45) is 0 Å². The van der Waals surface area contributed by atoms with E-state index in [1.165, 1.54) is 0 Å². The van der Waals surface area contributed by atoms with Gasteiger partial charge in [0, 0.05) is 20.6 Å². The van der Waals surface area contributed by atoms with E-state index in [1.807, 2.05) is 26.0 Å². The minimum Gasteiger partial charge on any atom is -0.313 e. The van der Waals surface area contributed by atoms with Gasteiger partial charge in [0.15, 0.2) is 0 Å². The summed E-state index contributed by atoms with van der Waals surface area (Å²) in [5.74, 6) is 0.0633. The zero-order chi connectivity index (χ0) is 13.8. The maximum absolute atomic E-state index is 11.9. The number of hydrogen-bond donors (Lipinski definition) is 2. The van der Waals surface area contributed by atoms with Crippen molar-refractivity contribution in [3.8, 4) is 0 Å². The summed E-state index contributed by atoms with van der Waals surface area (Å²) in [7, 11) is -3.31. The number of anilines is 1. The third-order valence-electron chi connectivity index (χ3n) is 2.12. The van der Waals surface area contributed by atoms with Gasteiger partial charge in [0.2, 0.25) is 10.0 Å². The summed E-state index contributed by atoms with van der Waals surface area (Å²) in [6, 6.07) is 5.77. The maximum Gasteiger partial charge on any atom is 0.234 e. The Morgan fingerprint density at radius 1 is 1.39 bits per heavy atom. The second-order valence-corrected chi connectivity index (χ2v) is 8.07. The van der Waals surface area contributed by atoms with E-state index in [1.54, 1.807) is 6.07 Å².